The number of hydrogen-bond donors (Lipinski definition) is 1. The van der Waals surface area contributed by atoms with Crippen LogP contribution in [0.15, 0.2) is 54.6 Å². The molecule has 1 fully saturated rings. The second-order valence-electron chi connectivity index (χ2n) is 6.37. The van der Waals surface area contributed by atoms with E-state index < -0.39 is 5.41 Å². The molecule has 2 aromatic carbocycles. The molecule has 1 N–H and O–H groups in total. The van der Waals surface area contributed by atoms with Gasteiger partial charge in [-0.1, -0.05) is 61.4 Å². The molecule has 0 bridgehead atoms. The standard InChI is InChI=1S/C20H22FNO/c1-15(16-9-3-2-4-10-16)22-19(23)20(13-7-8-14-20)17-11-5-6-12-18(17)21/h2-6,9-12,15H,7-8,13-14H2,1H3,(H,22,23). The monoisotopic (exact) mass is 311 g/mol. The Morgan fingerprint density at radius 3 is 2.30 bits per heavy atom. The third-order valence-corrected chi connectivity index (χ3v) is 4.93. The van der Waals surface area contributed by atoms with Crippen LogP contribution in [-0.4, -0.2) is 5.91 Å². The fourth-order valence-corrected chi connectivity index (χ4v) is 3.61. The predicted octanol–water partition coefficient (Wildman–Crippen LogP) is 4.51. The third kappa shape index (κ3) is 3.00. The summed E-state index contributed by atoms with van der Waals surface area (Å²) in [6.45, 7) is 1.97. The molecule has 0 aromatic heterocycles. The van der Waals surface area contributed by atoms with Crippen LogP contribution in [0.1, 0.15) is 49.8 Å². The molecule has 1 unspecified atom stereocenters. The van der Waals surface area contributed by atoms with Crippen molar-refractivity contribution < 1.29 is 9.18 Å². The van der Waals surface area contributed by atoms with Crippen molar-refractivity contribution in [1.29, 1.82) is 0 Å². The van der Waals surface area contributed by atoms with E-state index in [1.807, 2.05) is 43.3 Å². The number of rotatable bonds is 4. The van der Waals surface area contributed by atoms with Gasteiger partial charge in [0.1, 0.15) is 5.82 Å². The molecule has 3 rings (SSSR count). The molecule has 3 heteroatoms. The first-order chi connectivity index (χ1) is 11.1. The topological polar surface area (TPSA) is 29.1 Å². The minimum atomic E-state index is -0.728. The van der Waals surface area contributed by atoms with E-state index in [1.54, 1.807) is 12.1 Å². The maximum absolute atomic E-state index is 14.3. The largest absolute Gasteiger partial charge is 0.349 e. The number of halogens is 1. The van der Waals surface area contributed by atoms with Gasteiger partial charge in [0.05, 0.1) is 11.5 Å². The number of carbonyl (C=O) groups excluding carboxylic acids is 1. The molecular weight excluding hydrogens is 289 g/mol. The Bertz CT molecular complexity index is 677. The maximum Gasteiger partial charge on any atom is 0.231 e. The molecule has 1 aliphatic rings. The van der Waals surface area contributed by atoms with Crippen LogP contribution in [0.5, 0.6) is 0 Å². The summed E-state index contributed by atoms with van der Waals surface area (Å²) in [6, 6.07) is 16.5. The zero-order valence-corrected chi connectivity index (χ0v) is 13.4. The Hall–Kier alpha value is -2.16. The van der Waals surface area contributed by atoms with Crippen molar-refractivity contribution in [3.63, 3.8) is 0 Å². The highest BCUT2D eigenvalue weighted by atomic mass is 19.1. The molecule has 1 aliphatic carbocycles. The van der Waals surface area contributed by atoms with E-state index in [0.29, 0.717) is 18.4 Å². The molecular formula is C20H22FNO. The summed E-state index contributed by atoms with van der Waals surface area (Å²) in [5.74, 6) is -0.339. The molecule has 2 nitrogen and oxygen atoms in total. The maximum atomic E-state index is 14.3. The highest BCUT2D eigenvalue weighted by molar-refractivity contribution is 5.89. The Labute approximate surface area is 136 Å². The van der Waals surface area contributed by atoms with E-state index >= 15 is 0 Å². The van der Waals surface area contributed by atoms with Crippen LogP contribution in [0.25, 0.3) is 0 Å². The lowest BCUT2D eigenvalue weighted by atomic mass is 9.77. The highest BCUT2D eigenvalue weighted by Gasteiger charge is 2.44. The molecule has 2 aromatic rings. The molecule has 1 atom stereocenters. The van der Waals surface area contributed by atoms with Crippen molar-refractivity contribution in [2.45, 2.75) is 44.1 Å². The molecule has 0 saturated heterocycles. The molecule has 0 heterocycles. The van der Waals surface area contributed by atoms with Gasteiger partial charge in [0.2, 0.25) is 5.91 Å². The Kier molecular flexibility index (Phi) is 4.46. The normalized spacial score (nSPS) is 17.7. The quantitative estimate of drug-likeness (QED) is 0.884. The van der Waals surface area contributed by atoms with Crippen LogP contribution >= 0.6 is 0 Å². The summed E-state index contributed by atoms with van der Waals surface area (Å²) in [6.07, 6.45) is 3.34. The predicted molar refractivity (Wildman–Crippen MR) is 89.5 cm³/mol. The van der Waals surface area contributed by atoms with Gasteiger partial charge in [0.25, 0.3) is 0 Å². The summed E-state index contributed by atoms with van der Waals surface area (Å²) in [7, 11) is 0. The van der Waals surface area contributed by atoms with Crippen LogP contribution in [0.3, 0.4) is 0 Å². The lowest BCUT2D eigenvalue weighted by Gasteiger charge is -2.30. The second kappa shape index (κ2) is 6.53. The molecule has 23 heavy (non-hydrogen) atoms. The van der Waals surface area contributed by atoms with Crippen molar-refractivity contribution >= 4 is 5.91 Å². The lowest BCUT2D eigenvalue weighted by molar-refractivity contribution is -0.127. The van der Waals surface area contributed by atoms with E-state index in [0.717, 1.165) is 18.4 Å². The molecule has 120 valence electrons. The third-order valence-electron chi connectivity index (χ3n) is 4.93. The number of carbonyl (C=O) groups is 1. The van der Waals surface area contributed by atoms with Crippen molar-refractivity contribution in [2.75, 3.05) is 0 Å². The highest BCUT2D eigenvalue weighted by Crippen LogP contribution is 2.42. The minimum absolute atomic E-state index is 0.0588. The van der Waals surface area contributed by atoms with Gasteiger partial charge in [0, 0.05) is 5.56 Å². The van der Waals surface area contributed by atoms with Crippen molar-refractivity contribution in [2.24, 2.45) is 0 Å². The molecule has 1 saturated carbocycles. The summed E-state index contributed by atoms with van der Waals surface area (Å²) in [4.78, 5) is 13.0. The molecule has 1 amide bonds. The van der Waals surface area contributed by atoms with E-state index in [9.17, 15) is 9.18 Å². The van der Waals surface area contributed by atoms with Gasteiger partial charge in [0.15, 0.2) is 0 Å². The van der Waals surface area contributed by atoms with Gasteiger partial charge in [-0.2, -0.15) is 0 Å². The molecule has 0 radical (unpaired) electrons. The number of hydrogen-bond acceptors (Lipinski definition) is 1. The average Bonchev–Trinajstić information content (AvgIpc) is 3.07. The fraction of sp³-hybridized carbons (Fsp3) is 0.350. The number of amides is 1. The van der Waals surface area contributed by atoms with E-state index in [2.05, 4.69) is 5.32 Å². The Balaban J connectivity index is 1.87. The Morgan fingerprint density at radius 2 is 1.65 bits per heavy atom. The average molecular weight is 311 g/mol. The van der Waals surface area contributed by atoms with E-state index in [1.165, 1.54) is 6.07 Å². The first kappa shape index (κ1) is 15.7. The number of nitrogens with one attached hydrogen (secondary N) is 1. The first-order valence-corrected chi connectivity index (χ1v) is 8.24. The van der Waals surface area contributed by atoms with Crippen LogP contribution in [-0.2, 0) is 10.2 Å². The molecule has 0 spiro atoms. The van der Waals surface area contributed by atoms with Crippen LogP contribution in [0.4, 0.5) is 4.39 Å². The van der Waals surface area contributed by atoms with Gasteiger partial charge in [-0.15, -0.1) is 0 Å². The Morgan fingerprint density at radius 1 is 1.04 bits per heavy atom. The van der Waals surface area contributed by atoms with Gasteiger partial charge >= 0.3 is 0 Å². The fourth-order valence-electron chi connectivity index (χ4n) is 3.61. The van der Waals surface area contributed by atoms with Gasteiger partial charge in [-0.05, 0) is 31.4 Å². The summed E-state index contributed by atoms with van der Waals surface area (Å²) in [5.41, 5.74) is 0.867. The van der Waals surface area contributed by atoms with Crippen molar-refractivity contribution in [3.05, 3.63) is 71.5 Å². The first-order valence-electron chi connectivity index (χ1n) is 8.24. The lowest BCUT2D eigenvalue weighted by Crippen LogP contribution is -2.44. The van der Waals surface area contributed by atoms with E-state index in [4.69, 9.17) is 0 Å². The second-order valence-corrected chi connectivity index (χ2v) is 6.37. The summed E-state index contributed by atoms with van der Waals surface area (Å²) < 4.78 is 14.3. The number of benzene rings is 2. The summed E-state index contributed by atoms with van der Waals surface area (Å²) in [5, 5.41) is 3.10. The SMILES string of the molecule is CC(NC(=O)C1(c2ccccc2F)CCCC1)c1ccccc1. The van der Waals surface area contributed by atoms with Crippen LogP contribution < -0.4 is 5.32 Å². The zero-order valence-electron chi connectivity index (χ0n) is 13.4. The molecule has 0 aliphatic heterocycles. The van der Waals surface area contributed by atoms with Gasteiger partial charge < -0.3 is 5.32 Å². The van der Waals surface area contributed by atoms with Crippen molar-refractivity contribution in [3.8, 4) is 0 Å². The van der Waals surface area contributed by atoms with E-state index in [-0.39, 0.29) is 17.8 Å². The minimum Gasteiger partial charge on any atom is -0.349 e. The van der Waals surface area contributed by atoms with Crippen LogP contribution in [0.2, 0.25) is 0 Å². The zero-order chi connectivity index (χ0) is 16.3. The smallest absolute Gasteiger partial charge is 0.231 e. The summed E-state index contributed by atoms with van der Waals surface area (Å²) >= 11 is 0. The van der Waals surface area contributed by atoms with Crippen molar-refractivity contribution in [1.82, 2.24) is 5.32 Å². The van der Waals surface area contributed by atoms with Crippen LogP contribution in [0, 0.1) is 5.82 Å². The van der Waals surface area contributed by atoms with Gasteiger partial charge in [-0.3, -0.25) is 4.79 Å². The van der Waals surface area contributed by atoms with Gasteiger partial charge in [-0.25, -0.2) is 4.39 Å².